The van der Waals surface area contributed by atoms with Crippen LogP contribution in [0.1, 0.15) is 30.3 Å². The molecular weight excluding hydrogens is 454 g/mol. The highest BCUT2D eigenvalue weighted by molar-refractivity contribution is 7.99. The van der Waals surface area contributed by atoms with Gasteiger partial charge in [0.05, 0.1) is 16.9 Å². The Balaban J connectivity index is 2.05. The Morgan fingerprint density at radius 3 is 2.82 bits per heavy atom. The van der Waals surface area contributed by atoms with Gasteiger partial charge >= 0.3 is 0 Å². The van der Waals surface area contributed by atoms with E-state index in [0.29, 0.717) is 22.4 Å². The number of rotatable bonds is 9. The van der Waals surface area contributed by atoms with E-state index in [-0.39, 0.29) is 0 Å². The van der Waals surface area contributed by atoms with Gasteiger partial charge in [-0.25, -0.2) is 15.0 Å². The summed E-state index contributed by atoms with van der Waals surface area (Å²) in [6.45, 7) is 9.64. The van der Waals surface area contributed by atoms with Crippen LogP contribution in [0.2, 0.25) is 5.02 Å². The van der Waals surface area contributed by atoms with Crippen LogP contribution in [0.25, 0.3) is 11.3 Å². The molecule has 0 bridgehead atoms. The predicted octanol–water partition coefficient (Wildman–Crippen LogP) is 6.21. The molecule has 33 heavy (non-hydrogen) atoms. The molecule has 3 aromatic heterocycles. The lowest BCUT2D eigenvalue weighted by Gasteiger charge is -2.08. The molecule has 3 heterocycles. The van der Waals surface area contributed by atoms with Crippen molar-refractivity contribution in [1.29, 1.82) is 0 Å². The van der Waals surface area contributed by atoms with E-state index in [1.807, 2.05) is 42.8 Å². The number of hydrogen-bond donors (Lipinski definition) is 0. The van der Waals surface area contributed by atoms with E-state index >= 15 is 0 Å². The number of oxazole rings is 1. The fourth-order valence-electron chi connectivity index (χ4n) is 2.88. The molecule has 0 saturated carbocycles. The maximum absolute atomic E-state index is 6.00. The van der Waals surface area contributed by atoms with Crippen molar-refractivity contribution in [2.75, 3.05) is 0 Å². The van der Waals surface area contributed by atoms with Crippen molar-refractivity contribution in [2.24, 2.45) is 12.0 Å². The van der Waals surface area contributed by atoms with Gasteiger partial charge in [0, 0.05) is 19.5 Å². The molecule has 0 aliphatic heterocycles. The average molecular weight is 476 g/mol. The molecule has 0 spiro atoms. The summed E-state index contributed by atoms with van der Waals surface area (Å²) in [6, 6.07) is 3.65. The van der Waals surface area contributed by atoms with Gasteiger partial charge in [-0.15, -0.1) is 6.42 Å². The van der Waals surface area contributed by atoms with Crippen molar-refractivity contribution < 1.29 is 4.42 Å². The van der Waals surface area contributed by atoms with Crippen molar-refractivity contribution in [3.63, 3.8) is 0 Å². The van der Waals surface area contributed by atoms with E-state index in [9.17, 15) is 0 Å². The third-order valence-electron chi connectivity index (χ3n) is 4.49. The number of aromatic nitrogens is 4. The first kappa shape index (κ1) is 24.1. The average Bonchev–Trinajstić information content (AvgIpc) is 3.46. The normalized spacial score (nSPS) is 12.8. The molecule has 1 atom stereocenters. The molecule has 1 unspecified atom stereocenters. The Kier molecular flexibility index (Phi) is 8.25. The predicted molar refractivity (Wildman–Crippen MR) is 135 cm³/mol. The topological polar surface area (TPSA) is 69.1 Å². The van der Waals surface area contributed by atoms with E-state index in [4.69, 9.17) is 27.4 Å². The van der Waals surface area contributed by atoms with Crippen LogP contribution in [-0.4, -0.2) is 25.7 Å². The largest absolute Gasteiger partial charge is 0.447 e. The van der Waals surface area contributed by atoms with Gasteiger partial charge < -0.3 is 8.98 Å². The number of aliphatic imine (C=N–C) groups is 1. The Morgan fingerprint density at radius 2 is 2.21 bits per heavy atom. The fraction of sp³-hybridized carbons (Fsp3) is 0.120. The van der Waals surface area contributed by atoms with Gasteiger partial charge in [0.1, 0.15) is 27.9 Å². The molecule has 0 fully saturated rings. The Morgan fingerprint density at radius 1 is 1.39 bits per heavy atom. The lowest BCUT2D eigenvalue weighted by molar-refractivity contribution is 0.498. The standard InChI is InChI=1S/C25H22ClN5OS/c1-6-13-27-17(4)23-30-22(25(31(23)5)33-21-12-11-20(26)16-29-21)18(7-2)9-10-19(8-3)24-28-14-15-32-24/h3,6-7,9-16,19H,1,4H2,2,5H3/b10-9-,18-7+,27-13?. The molecule has 0 aliphatic carbocycles. The molecule has 8 heteroatoms. The van der Waals surface area contributed by atoms with Crippen LogP contribution in [-0.2, 0) is 7.05 Å². The van der Waals surface area contributed by atoms with Gasteiger partial charge in [-0.2, -0.15) is 0 Å². The molecule has 6 nitrogen and oxygen atoms in total. The van der Waals surface area contributed by atoms with Crippen molar-refractivity contribution in [2.45, 2.75) is 22.9 Å². The summed E-state index contributed by atoms with van der Waals surface area (Å²) in [5.74, 6) is 3.36. The number of halogens is 1. The minimum absolute atomic E-state index is 0.403. The molecule has 0 radical (unpaired) electrons. The zero-order chi connectivity index (χ0) is 23.8. The summed E-state index contributed by atoms with van der Waals surface area (Å²) in [7, 11) is 1.91. The molecular formula is C25H22ClN5OS. The van der Waals surface area contributed by atoms with E-state index in [0.717, 1.165) is 21.3 Å². The third-order valence-corrected chi connectivity index (χ3v) is 5.82. The van der Waals surface area contributed by atoms with Crippen LogP contribution in [0.4, 0.5) is 0 Å². The number of hydrogen-bond acceptors (Lipinski definition) is 6. The number of imidazole rings is 1. The minimum atomic E-state index is -0.403. The lowest BCUT2D eigenvalue weighted by atomic mass is 10.1. The molecule has 166 valence electrons. The molecule has 0 aromatic carbocycles. The number of pyridine rings is 1. The highest BCUT2D eigenvalue weighted by Crippen LogP contribution is 2.35. The molecule has 3 aromatic rings. The Bertz CT molecular complexity index is 1260. The molecule has 0 saturated heterocycles. The van der Waals surface area contributed by atoms with Crippen molar-refractivity contribution in [1.82, 2.24) is 19.5 Å². The van der Waals surface area contributed by atoms with E-state index in [1.165, 1.54) is 18.0 Å². The van der Waals surface area contributed by atoms with Gasteiger partial charge in [-0.05, 0) is 36.4 Å². The lowest BCUT2D eigenvalue weighted by Crippen LogP contribution is -1.97. The first-order valence-electron chi connectivity index (χ1n) is 9.89. The molecule has 0 N–H and O–H groups in total. The SMILES string of the molecule is C#CC(/C=C\C(=C/C)c1nc(C(=C)N=CC=C)n(C)c1Sc1ccc(Cl)cn1)c1ncco1. The number of nitrogens with zero attached hydrogens (tertiary/aromatic N) is 5. The van der Waals surface area contributed by atoms with Crippen molar-refractivity contribution in [3.05, 3.63) is 90.7 Å². The maximum Gasteiger partial charge on any atom is 0.212 e. The quantitative estimate of drug-likeness (QED) is 0.209. The molecule has 0 amide bonds. The van der Waals surface area contributed by atoms with E-state index in [1.54, 1.807) is 30.8 Å². The number of allylic oxidation sites excluding steroid dienone is 5. The second-order valence-corrected chi connectivity index (χ2v) is 8.09. The summed E-state index contributed by atoms with van der Waals surface area (Å²) in [6.07, 6.45) is 19.3. The summed E-state index contributed by atoms with van der Waals surface area (Å²) in [5.41, 5.74) is 2.11. The minimum Gasteiger partial charge on any atom is -0.447 e. The third kappa shape index (κ3) is 5.80. The van der Waals surface area contributed by atoms with Gasteiger partial charge in [0.2, 0.25) is 5.89 Å². The van der Waals surface area contributed by atoms with Gasteiger partial charge in [0.15, 0.2) is 5.82 Å². The molecule has 0 aliphatic rings. The highest BCUT2D eigenvalue weighted by atomic mass is 35.5. The van der Waals surface area contributed by atoms with Crippen LogP contribution >= 0.6 is 23.4 Å². The van der Waals surface area contributed by atoms with Crippen LogP contribution in [0.5, 0.6) is 0 Å². The number of terminal acetylenes is 1. The first-order chi connectivity index (χ1) is 16.0. The van der Waals surface area contributed by atoms with E-state index in [2.05, 4.69) is 34.0 Å². The van der Waals surface area contributed by atoms with Crippen LogP contribution < -0.4 is 0 Å². The second-order valence-electron chi connectivity index (χ2n) is 6.64. The Hall–Kier alpha value is -3.60. The van der Waals surface area contributed by atoms with Crippen LogP contribution in [0.3, 0.4) is 0 Å². The van der Waals surface area contributed by atoms with Crippen molar-refractivity contribution >= 4 is 40.8 Å². The smallest absolute Gasteiger partial charge is 0.212 e. The summed E-state index contributed by atoms with van der Waals surface area (Å²) in [5, 5.41) is 2.21. The van der Waals surface area contributed by atoms with Gasteiger partial charge in [-0.1, -0.05) is 55.0 Å². The monoisotopic (exact) mass is 475 g/mol. The Labute approximate surface area is 202 Å². The molecule has 3 rings (SSSR count). The van der Waals surface area contributed by atoms with Crippen LogP contribution in [0, 0.1) is 12.3 Å². The first-order valence-corrected chi connectivity index (χ1v) is 11.1. The fourth-order valence-corrected chi connectivity index (χ4v) is 3.91. The zero-order valence-electron chi connectivity index (χ0n) is 18.3. The second kappa shape index (κ2) is 11.3. The van der Waals surface area contributed by atoms with Crippen molar-refractivity contribution in [3.8, 4) is 12.3 Å². The maximum atomic E-state index is 6.00. The van der Waals surface area contributed by atoms with E-state index < -0.39 is 5.92 Å². The highest BCUT2D eigenvalue weighted by Gasteiger charge is 2.20. The van der Waals surface area contributed by atoms with Gasteiger partial charge in [-0.3, -0.25) is 4.99 Å². The summed E-state index contributed by atoms with van der Waals surface area (Å²) < 4.78 is 7.29. The van der Waals surface area contributed by atoms with Gasteiger partial charge in [0.25, 0.3) is 0 Å². The van der Waals surface area contributed by atoms with Crippen LogP contribution in [0.15, 0.2) is 87.7 Å². The summed E-state index contributed by atoms with van der Waals surface area (Å²) in [4.78, 5) is 17.7. The zero-order valence-corrected chi connectivity index (χ0v) is 19.8. The summed E-state index contributed by atoms with van der Waals surface area (Å²) >= 11 is 7.46.